The van der Waals surface area contributed by atoms with Gasteiger partial charge in [0.25, 0.3) is 5.91 Å². The van der Waals surface area contributed by atoms with Gasteiger partial charge in [-0.15, -0.1) is 10.2 Å². The van der Waals surface area contributed by atoms with Crippen LogP contribution < -0.4 is 10.1 Å². The molecule has 0 saturated carbocycles. The lowest BCUT2D eigenvalue weighted by Gasteiger charge is -2.09. The number of carbonyl (C=O) groups excluding carboxylic acids is 1. The number of carbonyl (C=O) groups is 1. The van der Waals surface area contributed by atoms with Crippen LogP contribution >= 0.6 is 0 Å². The molecule has 4 aromatic heterocycles. The Labute approximate surface area is 147 Å². The van der Waals surface area contributed by atoms with E-state index in [0.717, 1.165) is 0 Å². The topological polar surface area (TPSA) is 107 Å². The molecule has 0 radical (unpaired) electrons. The number of hydrogen-bond donors (Lipinski definition) is 1. The summed E-state index contributed by atoms with van der Waals surface area (Å²) in [4.78, 5) is 24.9. The molecule has 0 aliphatic rings. The Hall–Kier alpha value is -3.88. The van der Waals surface area contributed by atoms with E-state index in [1.54, 1.807) is 60.4 Å². The van der Waals surface area contributed by atoms with Gasteiger partial charge in [-0.25, -0.2) is 15.0 Å². The van der Waals surface area contributed by atoms with Crippen LogP contribution in [0.25, 0.3) is 5.65 Å². The van der Waals surface area contributed by atoms with Gasteiger partial charge in [0.1, 0.15) is 23.7 Å². The number of aromatic nitrogens is 6. The normalized spacial score (nSPS) is 10.7. The van der Waals surface area contributed by atoms with Crippen LogP contribution in [0.4, 0.5) is 5.82 Å². The Morgan fingerprint density at radius 1 is 1.15 bits per heavy atom. The predicted molar refractivity (Wildman–Crippen MR) is 92.0 cm³/mol. The minimum atomic E-state index is -0.368. The van der Waals surface area contributed by atoms with Crippen LogP contribution in [0, 0.1) is 6.92 Å². The van der Waals surface area contributed by atoms with Gasteiger partial charge in [-0.2, -0.15) is 0 Å². The molecule has 1 N–H and O–H groups in total. The summed E-state index contributed by atoms with van der Waals surface area (Å²) in [5.74, 6) is 1.60. The fourth-order valence-electron chi connectivity index (χ4n) is 2.32. The van der Waals surface area contributed by atoms with Gasteiger partial charge in [-0.05, 0) is 25.1 Å². The van der Waals surface area contributed by atoms with E-state index >= 15 is 0 Å². The van der Waals surface area contributed by atoms with E-state index < -0.39 is 0 Å². The van der Waals surface area contributed by atoms with Crippen LogP contribution in [0.5, 0.6) is 11.5 Å². The van der Waals surface area contributed by atoms with E-state index in [-0.39, 0.29) is 5.91 Å². The molecule has 0 unspecified atom stereocenters. The summed E-state index contributed by atoms with van der Waals surface area (Å²) in [6.45, 7) is 1.78. The Morgan fingerprint density at radius 2 is 2.00 bits per heavy atom. The van der Waals surface area contributed by atoms with Crippen molar-refractivity contribution in [2.75, 3.05) is 5.32 Å². The SMILES string of the molecule is Cc1ncc(Oc2cc(C(=O)Nc3ccccn3)c3nncn3c2)cn1. The lowest BCUT2D eigenvalue weighted by atomic mass is 10.2. The van der Waals surface area contributed by atoms with E-state index in [1.165, 1.54) is 6.33 Å². The number of amides is 1. The maximum Gasteiger partial charge on any atom is 0.260 e. The third kappa shape index (κ3) is 3.18. The third-order valence-electron chi connectivity index (χ3n) is 3.51. The van der Waals surface area contributed by atoms with Crippen molar-refractivity contribution < 1.29 is 9.53 Å². The highest BCUT2D eigenvalue weighted by Gasteiger charge is 2.16. The summed E-state index contributed by atoms with van der Waals surface area (Å²) < 4.78 is 7.36. The number of hydrogen-bond acceptors (Lipinski definition) is 7. The first-order valence-electron chi connectivity index (χ1n) is 7.71. The van der Waals surface area contributed by atoms with E-state index in [0.29, 0.717) is 34.4 Å². The van der Waals surface area contributed by atoms with Crippen LogP contribution in [0.2, 0.25) is 0 Å². The van der Waals surface area contributed by atoms with Crippen molar-refractivity contribution in [1.82, 2.24) is 29.5 Å². The minimum Gasteiger partial charge on any atom is -0.453 e. The molecule has 0 aliphatic heterocycles. The molecule has 9 heteroatoms. The van der Waals surface area contributed by atoms with Crippen molar-refractivity contribution >= 4 is 17.4 Å². The largest absolute Gasteiger partial charge is 0.453 e. The van der Waals surface area contributed by atoms with Gasteiger partial charge >= 0.3 is 0 Å². The van der Waals surface area contributed by atoms with E-state index in [9.17, 15) is 4.79 Å². The summed E-state index contributed by atoms with van der Waals surface area (Å²) in [6, 6.07) is 6.84. The van der Waals surface area contributed by atoms with Crippen LogP contribution in [-0.2, 0) is 0 Å². The first kappa shape index (κ1) is 15.6. The monoisotopic (exact) mass is 347 g/mol. The van der Waals surface area contributed by atoms with Gasteiger partial charge in [0, 0.05) is 6.20 Å². The molecule has 4 aromatic rings. The minimum absolute atomic E-state index is 0.304. The number of pyridine rings is 2. The highest BCUT2D eigenvalue weighted by molar-refractivity contribution is 6.08. The maximum absolute atomic E-state index is 12.7. The lowest BCUT2D eigenvalue weighted by molar-refractivity contribution is 0.102. The van der Waals surface area contributed by atoms with Gasteiger partial charge < -0.3 is 10.1 Å². The molecule has 0 aromatic carbocycles. The zero-order valence-electron chi connectivity index (χ0n) is 13.7. The second-order valence-electron chi connectivity index (χ2n) is 5.39. The molecule has 128 valence electrons. The van der Waals surface area contributed by atoms with Gasteiger partial charge in [0.2, 0.25) is 0 Å². The van der Waals surface area contributed by atoms with E-state index in [4.69, 9.17) is 4.74 Å². The van der Waals surface area contributed by atoms with Crippen molar-refractivity contribution in [2.45, 2.75) is 6.92 Å². The molecule has 0 spiro atoms. The highest BCUT2D eigenvalue weighted by atomic mass is 16.5. The number of aryl methyl sites for hydroxylation is 1. The van der Waals surface area contributed by atoms with E-state index in [1.807, 2.05) is 0 Å². The second kappa shape index (κ2) is 6.55. The average molecular weight is 347 g/mol. The second-order valence-corrected chi connectivity index (χ2v) is 5.39. The molecule has 9 nitrogen and oxygen atoms in total. The Kier molecular flexibility index (Phi) is 3.94. The first-order valence-corrected chi connectivity index (χ1v) is 7.71. The van der Waals surface area contributed by atoms with Crippen molar-refractivity contribution in [2.24, 2.45) is 0 Å². The fraction of sp³-hybridized carbons (Fsp3) is 0.0588. The van der Waals surface area contributed by atoms with Crippen molar-refractivity contribution in [3.8, 4) is 11.5 Å². The number of ether oxygens (including phenoxy) is 1. The zero-order chi connectivity index (χ0) is 17.9. The highest BCUT2D eigenvalue weighted by Crippen LogP contribution is 2.23. The van der Waals surface area contributed by atoms with Crippen molar-refractivity contribution in [1.29, 1.82) is 0 Å². The Morgan fingerprint density at radius 3 is 2.77 bits per heavy atom. The van der Waals surface area contributed by atoms with Crippen LogP contribution in [0.1, 0.15) is 16.2 Å². The molecule has 4 heterocycles. The van der Waals surface area contributed by atoms with Crippen LogP contribution in [0.3, 0.4) is 0 Å². The molecule has 4 rings (SSSR count). The predicted octanol–water partition coefficient (Wildman–Crippen LogP) is 2.27. The summed E-state index contributed by atoms with van der Waals surface area (Å²) in [5.41, 5.74) is 0.713. The summed E-state index contributed by atoms with van der Waals surface area (Å²) in [7, 11) is 0. The maximum atomic E-state index is 12.7. The summed E-state index contributed by atoms with van der Waals surface area (Å²) >= 11 is 0. The van der Waals surface area contributed by atoms with Crippen molar-refractivity contribution in [3.63, 3.8) is 0 Å². The van der Waals surface area contributed by atoms with Crippen molar-refractivity contribution in [3.05, 3.63) is 66.8 Å². The Balaban J connectivity index is 1.68. The third-order valence-corrected chi connectivity index (χ3v) is 3.51. The fourth-order valence-corrected chi connectivity index (χ4v) is 2.32. The van der Waals surface area contributed by atoms with Gasteiger partial charge in [0.05, 0.1) is 24.2 Å². The molecule has 0 atom stereocenters. The molecule has 0 bridgehead atoms. The lowest BCUT2D eigenvalue weighted by Crippen LogP contribution is -2.14. The molecular formula is C17H13N7O2. The molecule has 0 aliphatic carbocycles. The first-order chi connectivity index (χ1) is 12.7. The van der Waals surface area contributed by atoms with E-state index in [2.05, 4.69) is 30.5 Å². The van der Waals surface area contributed by atoms with Gasteiger partial charge in [0.15, 0.2) is 11.4 Å². The number of anilines is 1. The number of fused-ring (bicyclic) bond motifs is 1. The average Bonchev–Trinajstić information content (AvgIpc) is 3.12. The molecule has 0 fully saturated rings. The van der Waals surface area contributed by atoms with Gasteiger partial charge in [-0.1, -0.05) is 6.07 Å². The van der Waals surface area contributed by atoms with Crippen LogP contribution in [-0.4, -0.2) is 35.5 Å². The zero-order valence-corrected chi connectivity index (χ0v) is 13.7. The molecule has 26 heavy (non-hydrogen) atoms. The number of nitrogens with zero attached hydrogens (tertiary/aromatic N) is 6. The van der Waals surface area contributed by atoms with Gasteiger partial charge in [-0.3, -0.25) is 9.20 Å². The number of rotatable bonds is 4. The number of nitrogens with one attached hydrogen (secondary N) is 1. The Bertz CT molecular complexity index is 1060. The van der Waals surface area contributed by atoms with Crippen LogP contribution in [0.15, 0.2) is 55.4 Å². The summed E-state index contributed by atoms with van der Waals surface area (Å²) in [5, 5.41) is 10.6. The molecule has 1 amide bonds. The summed E-state index contributed by atoms with van der Waals surface area (Å²) in [6.07, 6.45) is 7.88. The molecule has 0 saturated heterocycles. The molecular weight excluding hydrogens is 334 g/mol. The standard InChI is InChI=1S/C17H13N7O2/c1-11-19-7-13(8-20-11)26-12-6-14(16-23-21-10-24(16)9-12)17(25)22-15-4-2-3-5-18-15/h2-10H,1H3,(H,18,22,25). The quantitative estimate of drug-likeness (QED) is 0.603. The smallest absolute Gasteiger partial charge is 0.260 e.